The average Bonchev–Trinajstić information content (AvgIpc) is 2.26. The van der Waals surface area contributed by atoms with E-state index >= 15 is 0 Å². The standard InChI is InChI=1S/C10H13ClN2O3/c1-12-4-5-16-7-8-2-3-9(13(14)15)6-10(8)11/h2-3,6,12H,4-5,7H2,1H3. The molecule has 0 bridgehead atoms. The van der Waals surface area contributed by atoms with Crippen molar-refractivity contribution < 1.29 is 9.66 Å². The number of nitro groups is 1. The summed E-state index contributed by atoms with van der Waals surface area (Å²) in [6.07, 6.45) is 0. The molecule has 0 fully saturated rings. The predicted molar refractivity (Wildman–Crippen MR) is 61.7 cm³/mol. The van der Waals surface area contributed by atoms with Gasteiger partial charge in [0, 0.05) is 18.7 Å². The molecule has 1 rings (SSSR count). The molecule has 1 aromatic rings. The molecule has 0 saturated heterocycles. The maximum atomic E-state index is 10.5. The van der Waals surface area contributed by atoms with Gasteiger partial charge < -0.3 is 10.1 Å². The first-order valence-electron chi connectivity index (χ1n) is 4.80. The molecule has 1 N–H and O–H groups in total. The lowest BCUT2D eigenvalue weighted by molar-refractivity contribution is -0.384. The number of halogens is 1. The summed E-state index contributed by atoms with van der Waals surface area (Å²) >= 11 is 5.89. The van der Waals surface area contributed by atoms with Crippen molar-refractivity contribution in [2.24, 2.45) is 0 Å². The summed E-state index contributed by atoms with van der Waals surface area (Å²) in [4.78, 5) is 10.00. The summed E-state index contributed by atoms with van der Waals surface area (Å²) < 4.78 is 5.32. The number of hydrogen-bond acceptors (Lipinski definition) is 4. The summed E-state index contributed by atoms with van der Waals surface area (Å²) in [5.41, 5.74) is 0.743. The zero-order chi connectivity index (χ0) is 12.0. The highest BCUT2D eigenvalue weighted by molar-refractivity contribution is 6.31. The minimum atomic E-state index is -0.475. The highest BCUT2D eigenvalue weighted by Crippen LogP contribution is 2.22. The Labute approximate surface area is 98.5 Å². The van der Waals surface area contributed by atoms with Gasteiger partial charge in [-0.15, -0.1) is 0 Å². The number of hydrogen-bond donors (Lipinski definition) is 1. The molecule has 0 radical (unpaired) electrons. The third-order valence-electron chi connectivity index (χ3n) is 2.00. The van der Waals surface area contributed by atoms with Crippen LogP contribution in [0.25, 0.3) is 0 Å². The second-order valence-corrected chi connectivity index (χ2v) is 3.60. The van der Waals surface area contributed by atoms with Crippen molar-refractivity contribution in [2.45, 2.75) is 6.61 Å². The van der Waals surface area contributed by atoms with E-state index in [9.17, 15) is 10.1 Å². The van der Waals surface area contributed by atoms with Crippen molar-refractivity contribution in [3.63, 3.8) is 0 Å². The van der Waals surface area contributed by atoms with Gasteiger partial charge in [0.1, 0.15) is 0 Å². The van der Waals surface area contributed by atoms with Gasteiger partial charge in [0.2, 0.25) is 0 Å². The Balaban J connectivity index is 2.57. The molecule has 0 aliphatic rings. The zero-order valence-electron chi connectivity index (χ0n) is 8.90. The van der Waals surface area contributed by atoms with Gasteiger partial charge in [0.25, 0.3) is 5.69 Å². The Morgan fingerprint density at radius 3 is 2.88 bits per heavy atom. The Bertz CT molecular complexity index is 371. The zero-order valence-corrected chi connectivity index (χ0v) is 9.66. The van der Waals surface area contributed by atoms with Gasteiger partial charge in [-0.1, -0.05) is 11.6 Å². The van der Waals surface area contributed by atoms with Crippen LogP contribution in [-0.4, -0.2) is 25.1 Å². The van der Waals surface area contributed by atoms with Crippen LogP contribution >= 0.6 is 11.6 Å². The van der Waals surface area contributed by atoms with E-state index in [0.29, 0.717) is 18.2 Å². The number of likely N-dealkylation sites (N-methyl/N-ethyl adjacent to an activating group) is 1. The summed E-state index contributed by atoms with van der Waals surface area (Å²) in [5.74, 6) is 0. The van der Waals surface area contributed by atoms with Gasteiger partial charge in [-0.05, 0) is 18.7 Å². The van der Waals surface area contributed by atoms with Crippen molar-refractivity contribution in [2.75, 3.05) is 20.2 Å². The van der Waals surface area contributed by atoms with Crippen molar-refractivity contribution in [3.8, 4) is 0 Å². The quantitative estimate of drug-likeness (QED) is 0.472. The van der Waals surface area contributed by atoms with Crippen LogP contribution in [0.1, 0.15) is 5.56 Å². The highest BCUT2D eigenvalue weighted by atomic mass is 35.5. The molecule has 0 heterocycles. The van der Waals surface area contributed by atoms with Crippen LogP contribution in [0.3, 0.4) is 0 Å². The first kappa shape index (κ1) is 12.9. The fourth-order valence-electron chi connectivity index (χ4n) is 1.12. The molecule has 88 valence electrons. The minimum absolute atomic E-state index is 0.0102. The highest BCUT2D eigenvalue weighted by Gasteiger charge is 2.09. The van der Waals surface area contributed by atoms with E-state index in [-0.39, 0.29) is 5.69 Å². The second-order valence-electron chi connectivity index (χ2n) is 3.19. The van der Waals surface area contributed by atoms with Crippen LogP contribution < -0.4 is 5.32 Å². The van der Waals surface area contributed by atoms with Crippen LogP contribution in [0, 0.1) is 10.1 Å². The van der Waals surface area contributed by atoms with E-state index < -0.39 is 4.92 Å². The van der Waals surface area contributed by atoms with Crippen molar-refractivity contribution in [3.05, 3.63) is 38.9 Å². The second kappa shape index (κ2) is 6.42. The third kappa shape index (κ3) is 3.77. The Hall–Kier alpha value is -1.17. The fourth-order valence-corrected chi connectivity index (χ4v) is 1.35. The largest absolute Gasteiger partial charge is 0.375 e. The summed E-state index contributed by atoms with van der Waals surface area (Å²) in [6, 6.07) is 4.36. The predicted octanol–water partition coefficient (Wildman–Crippen LogP) is 1.98. The fraction of sp³-hybridized carbons (Fsp3) is 0.400. The Morgan fingerprint density at radius 1 is 1.56 bits per heavy atom. The molecule has 6 heteroatoms. The van der Waals surface area contributed by atoms with Gasteiger partial charge in [-0.3, -0.25) is 10.1 Å². The van der Waals surface area contributed by atoms with E-state index in [4.69, 9.17) is 16.3 Å². The number of non-ortho nitro benzene ring substituents is 1. The molecule has 5 nitrogen and oxygen atoms in total. The maximum Gasteiger partial charge on any atom is 0.270 e. The number of nitrogens with zero attached hydrogens (tertiary/aromatic N) is 1. The van der Waals surface area contributed by atoms with Gasteiger partial charge in [0.15, 0.2) is 0 Å². The smallest absolute Gasteiger partial charge is 0.270 e. The van der Waals surface area contributed by atoms with Crippen LogP contribution in [0.5, 0.6) is 0 Å². The van der Waals surface area contributed by atoms with Crippen LogP contribution in [0.2, 0.25) is 5.02 Å². The summed E-state index contributed by atoms with van der Waals surface area (Å²) in [6.45, 7) is 1.69. The first-order valence-corrected chi connectivity index (χ1v) is 5.18. The molecule has 0 spiro atoms. The molecule has 0 atom stereocenters. The lowest BCUT2D eigenvalue weighted by Gasteiger charge is -2.05. The summed E-state index contributed by atoms with van der Waals surface area (Å²) in [5, 5.41) is 13.8. The molecule has 0 saturated carbocycles. The third-order valence-corrected chi connectivity index (χ3v) is 2.35. The summed E-state index contributed by atoms with van der Waals surface area (Å²) in [7, 11) is 1.84. The van der Waals surface area contributed by atoms with Crippen molar-refractivity contribution in [1.82, 2.24) is 5.32 Å². The van der Waals surface area contributed by atoms with E-state index in [0.717, 1.165) is 12.1 Å². The molecule has 0 unspecified atom stereocenters. The molecular formula is C10H13ClN2O3. The number of nitro benzene ring substituents is 1. The van der Waals surface area contributed by atoms with E-state index in [1.807, 2.05) is 7.05 Å². The lowest BCUT2D eigenvalue weighted by Crippen LogP contribution is -2.14. The van der Waals surface area contributed by atoms with Gasteiger partial charge in [-0.25, -0.2) is 0 Å². The monoisotopic (exact) mass is 244 g/mol. The Kier molecular flexibility index (Phi) is 5.18. The van der Waals surface area contributed by atoms with Gasteiger partial charge in [-0.2, -0.15) is 0 Å². The normalized spacial score (nSPS) is 10.4. The molecule has 1 aromatic carbocycles. The SMILES string of the molecule is CNCCOCc1ccc([N+](=O)[O-])cc1Cl. The lowest BCUT2D eigenvalue weighted by atomic mass is 10.2. The molecular weight excluding hydrogens is 232 g/mol. The number of benzene rings is 1. The van der Waals surface area contributed by atoms with Crippen LogP contribution in [0.15, 0.2) is 18.2 Å². The van der Waals surface area contributed by atoms with E-state index in [1.54, 1.807) is 6.07 Å². The van der Waals surface area contributed by atoms with Crippen molar-refractivity contribution >= 4 is 17.3 Å². The van der Waals surface area contributed by atoms with E-state index in [2.05, 4.69) is 5.32 Å². The minimum Gasteiger partial charge on any atom is -0.375 e. The van der Waals surface area contributed by atoms with Crippen LogP contribution in [0.4, 0.5) is 5.69 Å². The molecule has 0 aliphatic carbocycles. The average molecular weight is 245 g/mol. The maximum absolute atomic E-state index is 10.5. The molecule has 0 aromatic heterocycles. The van der Waals surface area contributed by atoms with Gasteiger partial charge in [0.05, 0.1) is 23.2 Å². The van der Waals surface area contributed by atoms with Gasteiger partial charge >= 0.3 is 0 Å². The van der Waals surface area contributed by atoms with Crippen LogP contribution in [-0.2, 0) is 11.3 Å². The molecule has 16 heavy (non-hydrogen) atoms. The topological polar surface area (TPSA) is 64.4 Å². The van der Waals surface area contributed by atoms with E-state index in [1.165, 1.54) is 12.1 Å². The Morgan fingerprint density at radius 2 is 2.31 bits per heavy atom. The number of rotatable bonds is 6. The molecule has 0 aliphatic heterocycles. The number of ether oxygens (including phenoxy) is 1. The number of nitrogens with one attached hydrogen (secondary N) is 1. The first-order chi connectivity index (χ1) is 7.65. The van der Waals surface area contributed by atoms with Crippen molar-refractivity contribution in [1.29, 1.82) is 0 Å². The molecule has 0 amide bonds.